The first-order chi connectivity index (χ1) is 8.00. The number of aliphatic hydroxyl groups is 1. The molecular formula is C13H18O4. The Morgan fingerprint density at radius 2 is 1.76 bits per heavy atom. The van der Waals surface area contributed by atoms with E-state index >= 15 is 0 Å². The van der Waals surface area contributed by atoms with Gasteiger partial charge in [-0.15, -0.1) is 0 Å². The minimum Gasteiger partial charge on any atom is -0.493 e. The number of methoxy groups -OCH3 is 2. The molecule has 0 aliphatic heterocycles. The third kappa shape index (κ3) is 2.58. The Kier molecular flexibility index (Phi) is 4.12. The number of benzene rings is 1. The van der Waals surface area contributed by atoms with Crippen LogP contribution in [0.2, 0.25) is 0 Å². The second kappa shape index (κ2) is 5.19. The summed E-state index contributed by atoms with van der Waals surface area (Å²) in [6.45, 7) is 3.67. The minimum atomic E-state index is -0.504. The van der Waals surface area contributed by atoms with Gasteiger partial charge in [0.25, 0.3) is 0 Å². The summed E-state index contributed by atoms with van der Waals surface area (Å²) in [6.07, 6.45) is 0.759. The standard InChI is InChI=1S/C13H18O4/c1-13(2,8-15)10-6-12(17-4)11(16-3)5-9(10)7-14/h5-7,15H,8H2,1-4H3. The maximum atomic E-state index is 11.1. The molecule has 0 aromatic heterocycles. The van der Waals surface area contributed by atoms with E-state index in [1.54, 1.807) is 12.1 Å². The van der Waals surface area contributed by atoms with Crippen LogP contribution in [-0.4, -0.2) is 32.2 Å². The number of aliphatic hydroxyl groups excluding tert-OH is 1. The van der Waals surface area contributed by atoms with Gasteiger partial charge >= 0.3 is 0 Å². The molecule has 0 amide bonds. The first-order valence-corrected chi connectivity index (χ1v) is 5.32. The van der Waals surface area contributed by atoms with E-state index in [1.807, 2.05) is 13.8 Å². The fourth-order valence-electron chi connectivity index (χ4n) is 1.66. The van der Waals surface area contributed by atoms with Gasteiger partial charge in [-0.05, 0) is 17.7 Å². The molecule has 1 N–H and O–H groups in total. The Hall–Kier alpha value is -1.55. The summed E-state index contributed by atoms with van der Waals surface area (Å²) in [7, 11) is 3.05. The molecule has 0 heterocycles. The van der Waals surface area contributed by atoms with Crippen molar-refractivity contribution in [2.24, 2.45) is 0 Å². The van der Waals surface area contributed by atoms with Crippen molar-refractivity contribution >= 4 is 6.29 Å². The number of ether oxygens (including phenoxy) is 2. The highest BCUT2D eigenvalue weighted by molar-refractivity contribution is 5.80. The summed E-state index contributed by atoms with van der Waals surface area (Å²) < 4.78 is 10.3. The summed E-state index contributed by atoms with van der Waals surface area (Å²) in [6, 6.07) is 3.36. The van der Waals surface area contributed by atoms with Crippen molar-refractivity contribution in [3.05, 3.63) is 23.3 Å². The average molecular weight is 238 g/mol. The lowest BCUT2D eigenvalue weighted by molar-refractivity contribution is 0.111. The van der Waals surface area contributed by atoms with Gasteiger partial charge in [0, 0.05) is 11.0 Å². The van der Waals surface area contributed by atoms with Gasteiger partial charge in [0.05, 0.1) is 20.8 Å². The Morgan fingerprint density at radius 3 is 2.18 bits per heavy atom. The molecule has 0 atom stereocenters. The van der Waals surface area contributed by atoms with Crippen molar-refractivity contribution in [2.45, 2.75) is 19.3 Å². The topological polar surface area (TPSA) is 55.8 Å². The summed E-state index contributed by atoms with van der Waals surface area (Å²) >= 11 is 0. The molecule has 17 heavy (non-hydrogen) atoms. The molecular weight excluding hydrogens is 220 g/mol. The second-order valence-corrected chi connectivity index (χ2v) is 4.45. The first kappa shape index (κ1) is 13.5. The number of hydrogen-bond donors (Lipinski definition) is 1. The SMILES string of the molecule is COc1cc(C=O)c(C(C)(C)CO)cc1OC. The van der Waals surface area contributed by atoms with E-state index < -0.39 is 5.41 Å². The Bertz CT molecular complexity index is 410. The molecule has 1 aromatic rings. The highest BCUT2D eigenvalue weighted by atomic mass is 16.5. The van der Waals surface area contributed by atoms with Crippen LogP contribution in [0.1, 0.15) is 29.8 Å². The van der Waals surface area contributed by atoms with Crippen molar-refractivity contribution in [3.63, 3.8) is 0 Å². The van der Waals surface area contributed by atoms with E-state index in [2.05, 4.69) is 0 Å². The molecule has 0 bridgehead atoms. The molecule has 0 aliphatic carbocycles. The van der Waals surface area contributed by atoms with E-state index in [1.165, 1.54) is 14.2 Å². The Morgan fingerprint density at radius 1 is 1.24 bits per heavy atom. The lowest BCUT2D eigenvalue weighted by Crippen LogP contribution is -2.24. The zero-order valence-electron chi connectivity index (χ0n) is 10.6. The molecule has 0 fully saturated rings. The van der Waals surface area contributed by atoms with Crippen molar-refractivity contribution in [1.82, 2.24) is 0 Å². The van der Waals surface area contributed by atoms with Crippen LogP contribution in [0.4, 0.5) is 0 Å². The quantitative estimate of drug-likeness (QED) is 0.794. The van der Waals surface area contributed by atoms with Gasteiger partial charge in [0.2, 0.25) is 0 Å². The lowest BCUT2D eigenvalue weighted by Gasteiger charge is -2.25. The molecule has 0 spiro atoms. The van der Waals surface area contributed by atoms with Crippen molar-refractivity contribution in [2.75, 3.05) is 20.8 Å². The maximum absolute atomic E-state index is 11.1. The summed E-state index contributed by atoms with van der Waals surface area (Å²) in [5.41, 5.74) is 0.741. The highest BCUT2D eigenvalue weighted by Gasteiger charge is 2.25. The smallest absolute Gasteiger partial charge is 0.161 e. The zero-order valence-corrected chi connectivity index (χ0v) is 10.6. The van der Waals surface area contributed by atoms with E-state index in [0.717, 1.165) is 11.8 Å². The summed E-state index contributed by atoms with van der Waals surface area (Å²) in [4.78, 5) is 11.1. The first-order valence-electron chi connectivity index (χ1n) is 5.32. The van der Waals surface area contributed by atoms with E-state index in [0.29, 0.717) is 17.1 Å². The molecule has 0 saturated heterocycles. The molecule has 0 unspecified atom stereocenters. The van der Waals surface area contributed by atoms with Crippen LogP contribution in [-0.2, 0) is 5.41 Å². The number of hydrogen-bond acceptors (Lipinski definition) is 4. The fourth-order valence-corrected chi connectivity index (χ4v) is 1.66. The van der Waals surface area contributed by atoms with Crippen LogP contribution in [0.3, 0.4) is 0 Å². The normalized spacial score (nSPS) is 11.1. The number of aldehydes is 1. The minimum absolute atomic E-state index is 0.0523. The van der Waals surface area contributed by atoms with Crippen LogP contribution in [0, 0.1) is 0 Å². The van der Waals surface area contributed by atoms with Crippen molar-refractivity contribution < 1.29 is 19.4 Å². The van der Waals surface area contributed by atoms with Crippen LogP contribution in [0.15, 0.2) is 12.1 Å². The average Bonchev–Trinajstić information content (AvgIpc) is 2.36. The Labute approximate surface area is 101 Å². The van der Waals surface area contributed by atoms with Crippen LogP contribution < -0.4 is 9.47 Å². The number of rotatable bonds is 5. The second-order valence-electron chi connectivity index (χ2n) is 4.45. The number of carbonyl (C=O) groups excluding carboxylic acids is 1. The monoisotopic (exact) mass is 238 g/mol. The molecule has 0 radical (unpaired) electrons. The molecule has 4 nitrogen and oxygen atoms in total. The maximum Gasteiger partial charge on any atom is 0.161 e. The number of carbonyl (C=O) groups is 1. The van der Waals surface area contributed by atoms with Gasteiger partial charge in [-0.25, -0.2) is 0 Å². The third-order valence-electron chi connectivity index (χ3n) is 2.81. The van der Waals surface area contributed by atoms with Gasteiger partial charge in [0.15, 0.2) is 11.5 Å². The molecule has 1 rings (SSSR count). The lowest BCUT2D eigenvalue weighted by atomic mass is 9.82. The van der Waals surface area contributed by atoms with Crippen LogP contribution >= 0.6 is 0 Å². The summed E-state index contributed by atoms with van der Waals surface area (Å²) in [5.74, 6) is 1.06. The Balaban J connectivity index is 3.44. The molecule has 94 valence electrons. The van der Waals surface area contributed by atoms with Gasteiger partial charge < -0.3 is 14.6 Å². The van der Waals surface area contributed by atoms with Gasteiger partial charge in [-0.1, -0.05) is 13.8 Å². The van der Waals surface area contributed by atoms with Gasteiger partial charge in [0.1, 0.15) is 6.29 Å². The predicted molar refractivity (Wildman–Crippen MR) is 65.0 cm³/mol. The zero-order chi connectivity index (χ0) is 13.1. The molecule has 1 aromatic carbocycles. The third-order valence-corrected chi connectivity index (χ3v) is 2.81. The van der Waals surface area contributed by atoms with Crippen molar-refractivity contribution in [1.29, 1.82) is 0 Å². The van der Waals surface area contributed by atoms with E-state index in [4.69, 9.17) is 9.47 Å². The van der Waals surface area contributed by atoms with E-state index in [-0.39, 0.29) is 6.61 Å². The molecule has 0 aliphatic rings. The van der Waals surface area contributed by atoms with E-state index in [9.17, 15) is 9.90 Å². The summed E-state index contributed by atoms with van der Waals surface area (Å²) in [5, 5.41) is 9.37. The fraction of sp³-hybridized carbons (Fsp3) is 0.462. The van der Waals surface area contributed by atoms with Crippen LogP contribution in [0.5, 0.6) is 11.5 Å². The van der Waals surface area contributed by atoms with Crippen molar-refractivity contribution in [3.8, 4) is 11.5 Å². The van der Waals surface area contributed by atoms with Gasteiger partial charge in [-0.2, -0.15) is 0 Å². The largest absolute Gasteiger partial charge is 0.493 e. The molecule has 0 saturated carbocycles. The van der Waals surface area contributed by atoms with Gasteiger partial charge in [-0.3, -0.25) is 4.79 Å². The predicted octanol–water partition coefficient (Wildman–Crippen LogP) is 1.79. The molecule has 4 heteroatoms. The van der Waals surface area contributed by atoms with Crippen LogP contribution in [0.25, 0.3) is 0 Å². The highest BCUT2D eigenvalue weighted by Crippen LogP contribution is 2.35.